The van der Waals surface area contributed by atoms with E-state index in [1.807, 2.05) is 12.1 Å². The van der Waals surface area contributed by atoms with Crippen molar-refractivity contribution >= 4 is 28.1 Å². The van der Waals surface area contributed by atoms with Crippen LogP contribution in [0.5, 0.6) is 0 Å². The fourth-order valence-corrected chi connectivity index (χ4v) is 3.43. The molecule has 8 nitrogen and oxygen atoms in total. The summed E-state index contributed by atoms with van der Waals surface area (Å²) in [6, 6.07) is 7.20. The largest absolute Gasteiger partial charge is 0.393 e. The van der Waals surface area contributed by atoms with Crippen molar-refractivity contribution in [1.29, 1.82) is 0 Å². The molecular formula is C20H23N5O3. The number of aromatic amines is 1. The maximum Gasteiger partial charge on any atom is 0.259 e. The molecule has 4 N–H and O–H groups in total. The van der Waals surface area contributed by atoms with Gasteiger partial charge in [-0.15, -0.1) is 0 Å². The molecule has 8 heteroatoms. The summed E-state index contributed by atoms with van der Waals surface area (Å²) < 4.78 is 0. The second-order valence-electron chi connectivity index (χ2n) is 7.08. The Hall–Kier alpha value is -2.97. The number of nitrogens with one attached hydrogen (secondary N) is 2. The van der Waals surface area contributed by atoms with Crippen LogP contribution in [0.4, 0.5) is 17.2 Å². The second-order valence-corrected chi connectivity index (χ2v) is 7.08. The van der Waals surface area contributed by atoms with Gasteiger partial charge in [0, 0.05) is 19.3 Å². The lowest BCUT2D eigenvalue weighted by molar-refractivity contribution is 0.145. The van der Waals surface area contributed by atoms with Crippen LogP contribution in [0.2, 0.25) is 0 Å². The number of fused-ring (bicyclic) bond motifs is 1. The normalized spacial score (nSPS) is 16.3. The summed E-state index contributed by atoms with van der Waals surface area (Å²) in [7, 11) is 0. The number of aromatic nitrogens is 3. The molecular weight excluding hydrogens is 358 g/mol. The fraction of sp³-hybridized carbons (Fsp3) is 0.350. The number of rotatable bonds is 4. The number of pyridine rings is 3. The molecule has 28 heavy (non-hydrogen) atoms. The van der Waals surface area contributed by atoms with Crippen LogP contribution in [-0.2, 0) is 0 Å². The number of nitrogens with zero attached hydrogens (tertiary/aromatic N) is 3. The maximum atomic E-state index is 12.3. The molecule has 0 amide bonds. The highest BCUT2D eigenvalue weighted by molar-refractivity contribution is 5.92. The molecule has 146 valence electrons. The predicted octanol–water partition coefficient (Wildman–Crippen LogP) is 2.08. The first-order valence-electron chi connectivity index (χ1n) is 9.38. The Kier molecular flexibility index (Phi) is 4.97. The van der Waals surface area contributed by atoms with Gasteiger partial charge in [-0.2, -0.15) is 0 Å². The van der Waals surface area contributed by atoms with Crippen LogP contribution >= 0.6 is 0 Å². The van der Waals surface area contributed by atoms with Gasteiger partial charge >= 0.3 is 0 Å². The Labute approximate surface area is 161 Å². The van der Waals surface area contributed by atoms with Crippen molar-refractivity contribution in [2.24, 2.45) is 0 Å². The first kappa shape index (κ1) is 18.4. The predicted molar refractivity (Wildman–Crippen MR) is 108 cm³/mol. The summed E-state index contributed by atoms with van der Waals surface area (Å²) in [4.78, 5) is 26.0. The highest BCUT2D eigenvalue weighted by atomic mass is 16.3. The monoisotopic (exact) mass is 381 g/mol. The van der Waals surface area contributed by atoms with Gasteiger partial charge in [-0.1, -0.05) is 0 Å². The highest BCUT2D eigenvalue weighted by Gasteiger charge is 2.18. The van der Waals surface area contributed by atoms with Gasteiger partial charge in [0.1, 0.15) is 5.82 Å². The van der Waals surface area contributed by atoms with Crippen molar-refractivity contribution < 1.29 is 10.2 Å². The number of aliphatic hydroxyl groups is 2. The Balaban J connectivity index is 1.63. The minimum absolute atomic E-state index is 0.216. The molecule has 0 aromatic carbocycles. The van der Waals surface area contributed by atoms with Crippen molar-refractivity contribution in [2.75, 3.05) is 23.3 Å². The lowest BCUT2D eigenvalue weighted by Gasteiger charge is -2.31. The third-order valence-corrected chi connectivity index (χ3v) is 5.02. The van der Waals surface area contributed by atoms with Crippen molar-refractivity contribution in [3.8, 4) is 0 Å². The topological polar surface area (TPSA) is 114 Å². The van der Waals surface area contributed by atoms with E-state index in [1.165, 1.54) is 6.20 Å². The second kappa shape index (κ2) is 7.57. The van der Waals surface area contributed by atoms with Gasteiger partial charge in [-0.05, 0) is 44.0 Å². The van der Waals surface area contributed by atoms with E-state index in [9.17, 15) is 15.0 Å². The number of hydrogen-bond acceptors (Lipinski definition) is 7. The van der Waals surface area contributed by atoms with E-state index >= 15 is 0 Å². The summed E-state index contributed by atoms with van der Waals surface area (Å²) >= 11 is 0. The van der Waals surface area contributed by atoms with Crippen LogP contribution < -0.4 is 15.8 Å². The van der Waals surface area contributed by atoms with Crippen molar-refractivity contribution in [3.05, 3.63) is 52.7 Å². The molecule has 3 aromatic rings. The van der Waals surface area contributed by atoms with Gasteiger partial charge < -0.3 is 25.4 Å². The maximum absolute atomic E-state index is 12.3. The van der Waals surface area contributed by atoms with Crippen molar-refractivity contribution in [2.45, 2.75) is 32.0 Å². The summed E-state index contributed by atoms with van der Waals surface area (Å²) in [5.41, 5.74) is 2.27. The van der Waals surface area contributed by atoms with Gasteiger partial charge in [0.2, 0.25) is 0 Å². The Morgan fingerprint density at radius 3 is 2.75 bits per heavy atom. The smallest absolute Gasteiger partial charge is 0.259 e. The first-order valence-corrected chi connectivity index (χ1v) is 9.38. The molecule has 4 rings (SSSR count). The molecule has 1 saturated heterocycles. The van der Waals surface area contributed by atoms with Crippen LogP contribution in [0.1, 0.15) is 31.6 Å². The molecule has 4 heterocycles. The third kappa shape index (κ3) is 3.69. The Morgan fingerprint density at radius 2 is 2.07 bits per heavy atom. The minimum Gasteiger partial charge on any atom is -0.393 e. The zero-order valence-electron chi connectivity index (χ0n) is 15.6. The molecule has 0 aliphatic carbocycles. The average Bonchev–Trinajstić information content (AvgIpc) is 2.69. The van der Waals surface area contributed by atoms with Gasteiger partial charge in [0.25, 0.3) is 5.56 Å². The zero-order chi connectivity index (χ0) is 19.7. The molecule has 1 atom stereocenters. The number of aliphatic hydroxyl groups excluding tert-OH is 2. The van der Waals surface area contributed by atoms with Crippen LogP contribution in [0.15, 0.2) is 41.5 Å². The standard InChI is InChI=1S/C20H23N5O3/c1-12(26)16-10-17(19-15(23-16)4-7-21-20(19)28)24-18-3-2-13(11-22-18)25-8-5-14(27)6-9-25/h2-4,7,10-12,14,26-27H,5-6,8-9H2,1H3,(H,21,28)(H,22,23,24). The van der Waals surface area contributed by atoms with Gasteiger partial charge in [-0.3, -0.25) is 4.79 Å². The minimum atomic E-state index is -0.756. The van der Waals surface area contributed by atoms with Crippen LogP contribution in [0.25, 0.3) is 10.9 Å². The molecule has 1 aliphatic rings. The van der Waals surface area contributed by atoms with Crippen molar-refractivity contribution in [3.63, 3.8) is 0 Å². The quantitative estimate of drug-likeness (QED) is 0.547. The van der Waals surface area contributed by atoms with Gasteiger partial charge in [-0.25, -0.2) is 9.97 Å². The van der Waals surface area contributed by atoms with Crippen LogP contribution in [0, 0.1) is 0 Å². The number of piperidine rings is 1. The Morgan fingerprint density at radius 1 is 1.29 bits per heavy atom. The molecule has 0 saturated carbocycles. The molecule has 0 bridgehead atoms. The van der Waals surface area contributed by atoms with E-state index < -0.39 is 6.10 Å². The number of anilines is 3. The van der Waals surface area contributed by atoms with E-state index in [4.69, 9.17) is 0 Å². The third-order valence-electron chi connectivity index (χ3n) is 5.02. The molecule has 3 aromatic heterocycles. The van der Waals surface area contributed by atoms with Gasteiger partial charge in [0.05, 0.1) is 46.4 Å². The van der Waals surface area contributed by atoms with E-state index in [0.29, 0.717) is 28.1 Å². The average molecular weight is 381 g/mol. The highest BCUT2D eigenvalue weighted by Crippen LogP contribution is 2.27. The number of H-pyrrole nitrogens is 1. The van der Waals surface area contributed by atoms with Crippen LogP contribution in [-0.4, -0.2) is 44.4 Å². The molecule has 0 spiro atoms. The van der Waals surface area contributed by atoms with E-state index in [1.54, 1.807) is 25.3 Å². The Bertz CT molecular complexity index is 1020. The van der Waals surface area contributed by atoms with Gasteiger partial charge in [0.15, 0.2) is 0 Å². The van der Waals surface area contributed by atoms with Crippen molar-refractivity contribution in [1.82, 2.24) is 15.0 Å². The summed E-state index contributed by atoms with van der Waals surface area (Å²) in [5.74, 6) is 0.591. The summed E-state index contributed by atoms with van der Waals surface area (Å²) in [6.07, 6.45) is 3.86. The van der Waals surface area contributed by atoms with E-state index in [2.05, 4.69) is 25.2 Å². The fourth-order valence-electron chi connectivity index (χ4n) is 3.43. The molecule has 1 fully saturated rings. The molecule has 1 aliphatic heterocycles. The summed E-state index contributed by atoms with van der Waals surface area (Å²) in [6.45, 7) is 3.24. The van der Waals surface area contributed by atoms with Crippen LogP contribution in [0.3, 0.4) is 0 Å². The summed E-state index contributed by atoms with van der Waals surface area (Å²) in [5, 5.41) is 23.2. The molecule has 0 radical (unpaired) electrons. The first-order chi connectivity index (χ1) is 13.5. The SMILES string of the molecule is CC(O)c1cc(Nc2ccc(N3CCC(O)CC3)cn2)c2c(=O)[nH]ccc2n1. The molecule has 1 unspecified atom stereocenters. The lowest BCUT2D eigenvalue weighted by Crippen LogP contribution is -2.35. The zero-order valence-corrected chi connectivity index (χ0v) is 15.6. The van der Waals surface area contributed by atoms with E-state index in [-0.39, 0.29) is 11.7 Å². The number of hydrogen-bond donors (Lipinski definition) is 4. The lowest BCUT2D eigenvalue weighted by atomic mass is 10.1. The van der Waals surface area contributed by atoms with E-state index in [0.717, 1.165) is 31.6 Å².